The van der Waals surface area contributed by atoms with E-state index < -0.39 is 11.9 Å². The third-order valence-corrected chi connectivity index (χ3v) is 4.90. The van der Waals surface area contributed by atoms with Crippen molar-refractivity contribution in [2.24, 2.45) is 5.92 Å². The Morgan fingerprint density at radius 1 is 1.33 bits per heavy atom. The van der Waals surface area contributed by atoms with Crippen LogP contribution in [0.5, 0.6) is 5.75 Å². The molecule has 144 valence electrons. The lowest BCUT2D eigenvalue weighted by molar-refractivity contribution is -0.145. The van der Waals surface area contributed by atoms with Crippen molar-refractivity contribution < 1.29 is 24.2 Å². The number of nitrogens with zero attached hydrogens (tertiary/aromatic N) is 2. The van der Waals surface area contributed by atoms with Crippen LogP contribution in [0.3, 0.4) is 0 Å². The quantitative estimate of drug-likeness (QED) is 0.828. The number of carbonyl (C=O) groups is 3. The summed E-state index contributed by atoms with van der Waals surface area (Å²) < 4.78 is 5.18. The molecule has 1 atom stereocenters. The number of fused-ring (bicyclic) bond motifs is 1. The zero-order valence-corrected chi connectivity index (χ0v) is 15.4. The number of hydrogen-bond acceptors (Lipinski definition) is 4. The highest BCUT2D eigenvalue weighted by Crippen LogP contribution is 2.22. The molecule has 3 rings (SSSR count). The van der Waals surface area contributed by atoms with E-state index in [0.717, 1.165) is 10.9 Å². The van der Waals surface area contributed by atoms with Crippen molar-refractivity contribution in [2.75, 3.05) is 33.8 Å². The molecule has 1 aromatic carbocycles. The number of rotatable bonds is 5. The highest BCUT2D eigenvalue weighted by Gasteiger charge is 2.29. The predicted molar refractivity (Wildman–Crippen MR) is 98.8 cm³/mol. The van der Waals surface area contributed by atoms with Gasteiger partial charge in [-0.25, -0.2) is 0 Å². The molecule has 1 aliphatic rings. The number of carboxylic acids is 1. The van der Waals surface area contributed by atoms with Gasteiger partial charge >= 0.3 is 5.97 Å². The number of ether oxygens (including phenoxy) is 1. The van der Waals surface area contributed by atoms with Gasteiger partial charge in [0.1, 0.15) is 11.4 Å². The Hall–Kier alpha value is -3.03. The second-order valence-corrected chi connectivity index (χ2v) is 6.81. The molecule has 0 bridgehead atoms. The van der Waals surface area contributed by atoms with Crippen LogP contribution in [-0.4, -0.2) is 71.5 Å². The minimum absolute atomic E-state index is 0.0934. The first-order chi connectivity index (χ1) is 12.9. The van der Waals surface area contributed by atoms with Gasteiger partial charge in [0.15, 0.2) is 0 Å². The fraction of sp³-hybridized carbons (Fsp3) is 0.421. The molecule has 27 heavy (non-hydrogen) atoms. The van der Waals surface area contributed by atoms with E-state index in [1.807, 2.05) is 12.1 Å². The zero-order chi connectivity index (χ0) is 19.6. The smallest absolute Gasteiger partial charge is 0.308 e. The number of aromatic amines is 1. The van der Waals surface area contributed by atoms with E-state index in [9.17, 15) is 14.4 Å². The number of carbonyl (C=O) groups excluding carboxylic acids is 2. The van der Waals surface area contributed by atoms with Crippen molar-refractivity contribution in [3.05, 3.63) is 30.0 Å². The second kappa shape index (κ2) is 7.69. The average molecular weight is 373 g/mol. The van der Waals surface area contributed by atoms with E-state index in [-0.39, 0.29) is 24.9 Å². The molecule has 8 heteroatoms. The van der Waals surface area contributed by atoms with Crippen LogP contribution in [-0.2, 0) is 9.59 Å². The van der Waals surface area contributed by atoms with Crippen LogP contribution in [0.2, 0.25) is 0 Å². The maximum atomic E-state index is 12.7. The topological polar surface area (TPSA) is 103 Å². The summed E-state index contributed by atoms with van der Waals surface area (Å²) >= 11 is 0. The molecule has 8 nitrogen and oxygen atoms in total. The van der Waals surface area contributed by atoms with Gasteiger partial charge in [-0.15, -0.1) is 0 Å². The lowest BCUT2D eigenvalue weighted by Crippen LogP contribution is -2.46. The van der Waals surface area contributed by atoms with Gasteiger partial charge in [-0.2, -0.15) is 0 Å². The van der Waals surface area contributed by atoms with E-state index in [2.05, 4.69) is 4.98 Å². The van der Waals surface area contributed by atoms with Crippen LogP contribution in [0.25, 0.3) is 10.9 Å². The largest absolute Gasteiger partial charge is 0.497 e. The first kappa shape index (κ1) is 18.8. The summed E-state index contributed by atoms with van der Waals surface area (Å²) in [7, 11) is 3.14. The van der Waals surface area contributed by atoms with E-state index in [1.54, 1.807) is 26.3 Å². The van der Waals surface area contributed by atoms with E-state index >= 15 is 0 Å². The molecule has 1 unspecified atom stereocenters. The number of likely N-dealkylation sites (N-methyl/N-ethyl adjacent to an activating group) is 1. The number of aromatic nitrogens is 1. The van der Waals surface area contributed by atoms with Gasteiger partial charge in [-0.3, -0.25) is 14.4 Å². The van der Waals surface area contributed by atoms with Gasteiger partial charge in [0.25, 0.3) is 5.91 Å². The Morgan fingerprint density at radius 3 is 2.81 bits per heavy atom. The number of methoxy groups -OCH3 is 1. The number of benzene rings is 1. The van der Waals surface area contributed by atoms with E-state index in [0.29, 0.717) is 30.8 Å². The molecule has 2 N–H and O–H groups in total. The Kier molecular flexibility index (Phi) is 5.34. The fourth-order valence-corrected chi connectivity index (χ4v) is 3.34. The van der Waals surface area contributed by atoms with Crippen LogP contribution < -0.4 is 4.74 Å². The summed E-state index contributed by atoms with van der Waals surface area (Å²) in [5.74, 6) is -1.26. The number of amides is 2. The van der Waals surface area contributed by atoms with Gasteiger partial charge < -0.3 is 24.6 Å². The van der Waals surface area contributed by atoms with E-state index in [4.69, 9.17) is 9.84 Å². The Bertz CT molecular complexity index is 875. The molecule has 2 heterocycles. The first-order valence-electron chi connectivity index (χ1n) is 8.82. The van der Waals surface area contributed by atoms with Crippen LogP contribution in [0.15, 0.2) is 24.3 Å². The summed E-state index contributed by atoms with van der Waals surface area (Å²) in [6.45, 7) is 0.628. The summed E-state index contributed by atoms with van der Waals surface area (Å²) in [6, 6.07) is 7.18. The Morgan fingerprint density at radius 2 is 2.11 bits per heavy atom. The van der Waals surface area contributed by atoms with Gasteiger partial charge in [0, 0.05) is 31.0 Å². The van der Waals surface area contributed by atoms with Crippen molar-refractivity contribution in [3.63, 3.8) is 0 Å². The van der Waals surface area contributed by atoms with Crippen LogP contribution in [0.4, 0.5) is 0 Å². The SMILES string of the molecule is COc1ccc2[nH]c(C(=O)N(C)CC(=O)N3CCCC(C(=O)O)C3)cc2c1. The maximum absolute atomic E-state index is 12.7. The third-order valence-electron chi connectivity index (χ3n) is 4.90. The molecule has 1 fully saturated rings. The van der Waals surface area contributed by atoms with Gasteiger partial charge in [-0.05, 0) is 37.1 Å². The van der Waals surface area contributed by atoms with Crippen LogP contribution >= 0.6 is 0 Å². The molecule has 2 amide bonds. The Balaban J connectivity index is 1.66. The summed E-state index contributed by atoms with van der Waals surface area (Å²) in [4.78, 5) is 42.2. The molecule has 0 aliphatic carbocycles. The summed E-state index contributed by atoms with van der Waals surface area (Å²) in [5, 5.41) is 9.99. The Labute approximate surface area is 156 Å². The van der Waals surface area contributed by atoms with Gasteiger partial charge in [0.05, 0.1) is 19.6 Å². The molecule has 2 aromatic rings. The highest BCUT2D eigenvalue weighted by atomic mass is 16.5. The lowest BCUT2D eigenvalue weighted by Gasteiger charge is -2.31. The zero-order valence-electron chi connectivity index (χ0n) is 15.4. The minimum Gasteiger partial charge on any atom is -0.497 e. The van der Waals surface area contributed by atoms with Crippen molar-refractivity contribution in [3.8, 4) is 5.75 Å². The number of likely N-dealkylation sites (tertiary alicyclic amines) is 1. The normalized spacial score (nSPS) is 17.0. The number of carboxylic acid groups (broad SMARTS) is 1. The molecule has 0 spiro atoms. The maximum Gasteiger partial charge on any atom is 0.308 e. The lowest BCUT2D eigenvalue weighted by atomic mass is 9.98. The monoisotopic (exact) mass is 373 g/mol. The molecule has 1 saturated heterocycles. The summed E-state index contributed by atoms with van der Waals surface area (Å²) in [6.07, 6.45) is 1.23. The third kappa shape index (κ3) is 4.05. The standard InChI is InChI=1S/C19H23N3O5/c1-21(11-17(23)22-7-3-4-12(10-22)19(25)26)18(24)16-9-13-8-14(27-2)5-6-15(13)20-16/h5-6,8-9,12,20H,3-4,7,10-11H2,1-2H3,(H,25,26). The molecular weight excluding hydrogens is 350 g/mol. The number of hydrogen-bond donors (Lipinski definition) is 2. The number of piperidine rings is 1. The highest BCUT2D eigenvalue weighted by molar-refractivity contribution is 5.99. The van der Waals surface area contributed by atoms with Crippen molar-refractivity contribution in [2.45, 2.75) is 12.8 Å². The van der Waals surface area contributed by atoms with Crippen molar-refractivity contribution >= 4 is 28.7 Å². The van der Waals surface area contributed by atoms with Crippen LogP contribution in [0, 0.1) is 5.92 Å². The first-order valence-corrected chi connectivity index (χ1v) is 8.82. The van der Waals surface area contributed by atoms with Crippen molar-refractivity contribution in [1.29, 1.82) is 0 Å². The second-order valence-electron chi connectivity index (χ2n) is 6.81. The van der Waals surface area contributed by atoms with Gasteiger partial charge in [0.2, 0.25) is 5.91 Å². The van der Waals surface area contributed by atoms with Gasteiger partial charge in [-0.1, -0.05) is 0 Å². The minimum atomic E-state index is -0.884. The molecule has 1 aromatic heterocycles. The summed E-state index contributed by atoms with van der Waals surface area (Å²) in [5.41, 5.74) is 1.19. The molecule has 0 saturated carbocycles. The number of nitrogens with one attached hydrogen (secondary N) is 1. The number of H-pyrrole nitrogens is 1. The van der Waals surface area contributed by atoms with Crippen molar-refractivity contribution in [1.82, 2.24) is 14.8 Å². The fourth-order valence-electron chi connectivity index (χ4n) is 3.34. The van der Waals surface area contributed by atoms with Crippen LogP contribution in [0.1, 0.15) is 23.3 Å². The molecular formula is C19H23N3O5. The predicted octanol–water partition coefficient (Wildman–Crippen LogP) is 1.57. The average Bonchev–Trinajstić information content (AvgIpc) is 3.10. The molecule has 0 radical (unpaired) electrons. The molecule has 1 aliphatic heterocycles. The van der Waals surface area contributed by atoms with E-state index in [1.165, 1.54) is 9.80 Å². The number of aliphatic carboxylic acids is 1.